The molecular formula is C14H18O6. The number of ether oxygens (including phenoxy) is 3. The summed E-state index contributed by atoms with van der Waals surface area (Å²) in [6, 6.07) is 9.38. The van der Waals surface area contributed by atoms with Crippen molar-refractivity contribution in [2.24, 2.45) is 0 Å². The average molecular weight is 282 g/mol. The van der Waals surface area contributed by atoms with Crippen LogP contribution in [0.15, 0.2) is 30.3 Å². The van der Waals surface area contributed by atoms with E-state index in [4.69, 9.17) is 19.3 Å². The lowest BCUT2D eigenvalue weighted by Crippen LogP contribution is -2.62. The van der Waals surface area contributed by atoms with Gasteiger partial charge in [-0.3, -0.25) is 0 Å². The molecule has 0 aromatic heterocycles. The lowest BCUT2D eigenvalue weighted by atomic mass is 9.94. The molecule has 0 bridgehead atoms. The van der Waals surface area contributed by atoms with Crippen molar-refractivity contribution in [3.8, 4) is 0 Å². The summed E-state index contributed by atoms with van der Waals surface area (Å²) in [4.78, 5) is 0. The van der Waals surface area contributed by atoms with Gasteiger partial charge in [0.05, 0.1) is 13.2 Å². The molecular weight excluding hydrogens is 264 g/mol. The van der Waals surface area contributed by atoms with Crippen LogP contribution in [-0.4, -0.2) is 59.1 Å². The molecule has 2 heterocycles. The number of hydrogen-bond acceptors (Lipinski definition) is 6. The first kappa shape index (κ1) is 13.9. The van der Waals surface area contributed by atoms with E-state index < -0.39 is 36.8 Å². The van der Waals surface area contributed by atoms with Crippen molar-refractivity contribution in [2.75, 3.05) is 13.2 Å². The third-order valence-electron chi connectivity index (χ3n) is 3.73. The molecule has 2 fully saturated rings. The normalized spacial score (nSPS) is 41.1. The van der Waals surface area contributed by atoms with Crippen LogP contribution in [0, 0.1) is 0 Å². The van der Waals surface area contributed by atoms with Crippen molar-refractivity contribution in [3.63, 3.8) is 0 Å². The number of aliphatic hydroxyl groups is 3. The van der Waals surface area contributed by atoms with Crippen molar-refractivity contribution in [1.29, 1.82) is 0 Å². The Hall–Kier alpha value is -1.02. The van der Waals surface area contributed by atoms with Gasteiger partial charge < -0.3 is 29.5 Å². The highest BCUT2D eigenvalue weighted by Crippen LogP contribution is 2.33. The third kappa shape index (κ3) is 2.46. The number of benzene rings is 1. The summed E-state index contributed by atoms with van der Waals surface area (Å²) in [7, 11) is 0. The predicted octanol–water partition coefficient (Wildman–Crippen LogP) is -0.418. The summed E-state index contributed by atoms with van der Waals surface area (Å²) >= 11 is 0. The second-order valence-electron chi connectivity index (χ2n) is 5.05. The van der Waals surface area contributed by atoms with Crippen molar-refractivity contribution in [1.82, 2.24) is 0 Å². The summed E-state index contributed by atoms with van der Waals surface area (Å²) in [6.45, 7) is -0.117. The quantitative estimate of drug-likeness (QED) is 0.683. The minimum Gasteiger partial charge on any atom is -0.394 e. The van der Waals surface area contributed by atoms with Crippen LogP contribution in [0.4, 0.5) is 0 Å². The second-order valence-corrected chi connectivity index (χ2v) is 5.05. The molecule has 3 N–H and O–H groups in total. The fraction of sp³-hybridized carbons (Fsp3) is 0.571. The largest absolute Gasteiger partial charge is 0.394 e. The molecule has 110 valence electrons. The van der Waals surface area contributed by atoms with Gasteiger partial charge in [0.2, 0.25) is 0 Å². The van der Waals surface area contributed by atoms with Crippen molar-refractivity contribution < 1.29 is 29.5 Å². The molecule has 2 saturated heterocycles. The molecule has 6 heteroatoms. The molecule has 0 spiro atoms. The molecule has 2 aliphatic rings. The van der Waals surface area contributed by atoms with Gasteiger partial charge in [0.1, 0.15) is 30.5 Å². The predicted molar refractivity (Wildman–Crippen MR) is 67.8 cm³/mol. The topological polar surface area (TPSA) is 88.4 Å². The third-order valence-corrected chi connectivity index (χ3v) is 3.73. The van der Waals surface area contributed by atoms with Crippen LogP contribution in [0.3, 0.4) is 0 Å². The van der Waals surface area contributed by atoms with Gasteiger partial charge in [0.25, 0.3) is 0 Å². The molecule has 2 aliphatic heterocycles. The smallest absolute Gasteiger partial charge is 0.184 e. The van der Waals surface area contributed by atoms with E-state index in [0.717, 1.165) is 5.56 Å². The Bertz CT molecular complexity index is 437. The van der Waals surface area contributed by atoms with Gasteiger partial charge in [-0.2, -0.15) is 0 Å². The molecule has 1 aromatic rings. The van der Waals surface area contributed by atoms with Crippen LogP contribution in [-0.2, 0) is 14.2 Å². The number of rotatable bonds is 2. The second kappa shape index (κ2) is 5.77. The summed E-state index contributed by atoms with van der Waals surface area (Å²) in [5.41, 5.74) is 0.844. The molecule has 0 aliphatic carbocycles. The highest BCUT2D eigenvalue weighted by atomic mass is 16.7. The average Bonchev–Trinajstić information content (AvgIpc) is 2.51. The molecule has 3 rings (SSSR count). The van der Waals surface area contributed by atoms with E-state index in [9.17, 15) is 10.2 Å². The van der Waals surface area contributed by atoms with E-state index in [1.807, 2.05) is 30.3 Å². The van der Waals surface area contributed by atoms with Crippen LogP contribution >= 0.6 is 0 Å². The van der Waals surface area contributed by atoms with Gasteiger partial charge in [-0.25, -0.2) is 0 Å². The molecule has 1 aromatic carbocycles. The Balaban J connectivity index is 1.74. The number of hydrogen-bond donors (Lipinski definition) is 3. The van der Waals surface area contributed by atoms with Gasteiger partial charge in [0, 0.05) is 5.56 Å². The van der Waals surface area contributed by atoms with Crippen LogP contribution in [0.1, 0.15) is 11.9 Å². The highest BCUT2D eigenvalue weighted by Gasteiger charge is 2.48. The monoisotopic (exact) mass is 282 g/mol. The van der Waals surface area contributed by atoms with Crippen LogP contribution < -0.4 is 0 Å². The SMILES string of the molecule is OC[C@H]1O[C@H]2COC(c3ccccc3)O[C@@H]2[C@@H](O)[C@@H]1O. The summed E-state index contributed by atoms with van der Waals surface area (Å²) in [5, 5.41) is 29.1. The summed E-state index contributed by atoms with van der Waals surface area (Å²) in [6.07, 6.45) is -4.85. The lowest BCUT2D eigenvalue weighted by molar-refractivity contribution is -0.330. The van der Waals surface area contributed by atoms with Gasteiger partial charge in [0.15, 0.2) is 6.29 Å². The molecule has 20 heavy (non-hydrogen) atoms. The molecule has 0 amide bonds. The zero-order chi connectivity index (χ0) is 14.1. The molecule has 1 unspecified atom stereocenters. The summed E-state index contributed by atoms with van der Waals surface area (Å²) < 4.78 is 16.8. The Morgan fingerprint density at radius 3 is 2.50 bits per heavy atom. The standard InChI is InChI=1S/C14H18O6/c15-6-9-11(16)12(17)13-10(19-9)7-18-14(20-13)8-4-2-1-3-5-8/h1-5,9-17H,6-7H2/t9-,10+,11-,12+,13+,14?/m1/s1. The Kier molecular flexibility index (Phi) is 4.02. The van der Waals surface area contributed by atoms with E-state index >= 15 is 0 Å². The fourth-order valence-electron chi connectivity index (χ4n) is 2.62. The van der Waals surface area contributed by atoms with E-state index in [-0.39, 0.29) is 13.2 Å². The maximum Gasteiger partial charge on any atom is 0.184 e. The number of fused-ring (bicyclic) bond motifs is 1. The van der Waals surface area contributed by atoms with E-state index in [0.29, 0.717) is 0 Å². The summed E-state index contributed by atoms with van der Waals surface area (Å²) in [5.74, 6) is 0. The maximum atomic E-state index is 10.1. The first-order valence-corrected chi connectivity index (χ1v) is 6.65. The molecule has 6 nitrogen and oxygen atoms in total. The zero-order valence-electron chi connectivity index (χ0n) is 10.8. The Labute approximate surface area is 116 Å². The van der Waals surface area contributed by atoms with Crippen LogP contribution in [0.5, 0.6) is 0 Å². The van der Waals surface area contributed by atoms with Crippen molar-refractivity contribution in [3.05, 3.63) is 35.9 Å². The minimum absolute atomic E-state index is 0.241. The van der Waals surface area contributed by atoms with Gasteiger partial charge in [-0.1, -0.05) is 30.3 Å². The lowest BCUT2D eigenvalue weighted by Gasteiger charge is -2.46. The first-order valence-electron chi connectivity index (χ1n) is 6.65. The zero-order valence-corrected chi connectivity index (χ0v) is 10.8. The molecule has 0 saturated carbocycles. The van der Waals surface area contributed by atoms with Gasteiger partial charge in [-0.05, 0) is 0 Å². The van der Waals surface area contributed by atoms with Crippen molar-refractivity contribution >= 4 is 0 Å². The van der Waals surface area contributed by atoms with Crippen molar-refractivity contribution in [2.45, 2.75) is 36.8 Å². The van der Waals surface area contributed by atoms with E-state index in [2.05, 4.69) is 0 Å². The molecule has 6 atom stereocenters. The van der Waals surface area contributed by atoms with Crippen LogP contribution in [0.2, 0.25) is 0 Å². The number of aliphatic hydroxyl groups excluding tert-OH is 3. The van der Waals surface area contributed by atoms with Gasteiger partial charge in [-0.15, -0.1) is 0 Å². The maximum absolute atomic E-state index is 10.1. The first-order chi connectivity index (χ1) is 9.70. The highest BCUT2D eigenvalue weighted by molar-refractivity contribution is 5.16. The van der Waals surface area contributed by atoms with Crippen LogP contribution in [0.25, 0.3) is 0 Å². The Morgan fingerprint density at radius 1 is 1.05 bits per heavy atom. The fourth-order valence-corrected chi connectivity index (χ4v) is 2.62. The van der Waals surface area contributed by atoms with E-state index in [1.165, 1.54) is 0 Å². The molecule has 0 radical (unpaired) electrons. The Morgan fingerprint density at radius 2 is 1.80 bits per heavy atom. The van der Waals surface area contributed by atoms with Gasteiger partial charge >= 0.3 is 0 Å². The van der Waals surface area contributed by atoms with E-state index in [1.54, 1.807) is 0 Å². The minimum atomic E-state index is -1.17.